The van der Waals surface area contributed by atoms with Gasteiger partial charge in [-0.15, -0.1) is 0 Å². The van der Waals surface area contributed by atoms with Gasteiger partial charge in [0, 0.05) is 5.56 Å². The molecule has 24 heavy (non-hydrogen) atoms. The molecule has 0 saturated heterocycles. The number of aromatic nitrogens is 2. The third-order valence-electron chi connectivity index (χ3n) is 3.49. The van der Waals surface area contributed by atoms with Crippen molar-refractivity contribution >= 4 is 11.6 Å². The third kappa shape index (κ3) is 3.42. The minimum absolute atomic E-state index is 0.0710. The van der Waals surface area contributed by atoms with E-state index in [1.165, 1.54) is 0 Å². The van der Waals surface area contributed by atoms with Crippen LogP contribution in [-0.2, 0) is 0 Å². The van der Waals surface area contributed by atoms with Gasteiger partial charge in [-0.2, -0.15) is 10.4 Å². The van der Waals surface area contributed by atoms with Crippen molar-refractivity contribution in [2.75, 3.05) is 0 Å². The lowest BCUT2D eigenvalue weighted by Gasteiger charge is -2.11. The molecule has 0 amide bonds. The fourth-order valence-corrected chi connectivity index (χ4v) is 2.58. The summed E-state index contributed by atoms with van der Waals surface area (Å²) in [6.07, 6.45) is 0.0710. The Morgan fingerprint density at radius 2 is 1.79 bits per heavy atom. The average Bonchev–Trinajstić information content (AvgIpc) is 3.06. The highest BCUT2D eigenvalue weighted by Crippen LogP contribution is 2.31. The van der Waals surface area contributed by atoms with Crippen molar-refractivity contribution in [2.45, 2.75) is 20.0 Å². The molecule has 1 heterocycles. The van der Waals surface area contributed by atoms with Gasteiger partial charge < -0.3 is 4.74 Å². The first-order valence-corrected chi connectivity index (χ1v) is 7.97. The first-order chi connectivity index (χ1) is 11.6. The summed E-state index contributed by atoms with van der Waals surface area (Å²) in [5.41, 5.74) is 4.19. The molecule has 3 rings (SSSR count). The van der Waals surface area contributed by atoms with Crippen LogP contribution < -0.4 is 4.74 Å². The minimum atomic E-state index is 0.0710. The molecule has 0 atom stereocenters. The molecule has 5 heteroatoms. The van der Waals surface area contributed by atoms with Crippen LogP contribution in [-0.4, -0.2) is 16.3 Å². The molecular weight excluding hydrogens is 322 g/mol. The lowest BCUT2D eigenvalue weighted by atomic mass is 10.1. The topological polar surface area (TPSA) is 61.7 Å². The van der Waals surface area contributed by atoms with Crippen LogP contribution in [0.5, 0.6) is 5.75 Å². The summed E-state index contributed by atoms with van der Waals surface area (Å²) in [6.45, 7) is 3.92. The summed E-state index contributed by atoms with van der Waals surface area (Å²) in [4.78, 5) is 0. The lowest BCUT2D eigenvalue weighted by Crippen LogP contribution is -2.05. The van der Waals surface area contributed by atoms with Crippen molar-refractivity contribution in [3.63, 3.8) is 0 Å². The number of nitrogens with one attached hydrogen (secondary N) is 1. The molecule has 0 fully saturated rings. The van der Waals surface area contributed by atoms with Crippen molar-refractivity contribution in [1.82, 2.24) is 10.2 Å². The molecule has 3 aromatic rings. The van der Waals surface area contributed by atoms with Crippen LogP contribution >= 0.6 is 11.6 Å². The van der Waals surface area contributed by atoms with Gasteiger partial charge in [0.25, 0.3) is 0 Å². The molecule has 1 aromatic heterocycles. The summed E-state index contributed by atoms with van der Waals surface area (Å²) in [5, 5.41) is 16.8. The molecule has 0 spiro atoms. The summed E-state index contributed by atoms with van der Waals surface area (Å²) >= 11 is 6.29. The number of nitriles is 1. The maximum absolute atomic E-state index is 8.86. The number of ether oxygens (including phenoxy) is 1. The predicted molar refractivity (Wildman–Crippen MR) is 94.9 cm³/mol. The van der Waals surface area contributed by atoms with E-state index in [4.69, 9.17) is 21.6 Å². The lowest BCUT2D eigenvalue weighted by molar-refractivity contribution is 0.242. The summed E-state index contributed by atoms with van der Waals surface area (Å²) in [6, 6.07) is 17.0. The van der Waals surface area contributed by atoms with Crippen LogP contribution in [0.25, 0.3) is 22.5 Å². The second kappa shape index (κ2) is 6.77. The molecule has 0 bridgehead atoms. The van der Waals surface area contributed by atoms with Gasteiger partial charge in [0.2, 0.25) is 0 Å². The van der Waals surface area contributed by atoms with E-state index in [1.54, 1.807) is 12.1 Å². The quantitative estimate of drug-likeness (QED) is 0.724. The zero-order chi connectivity index (χ0) is 17.1. The van der Waals surface area contributed by atoms with E-state index in [0.717, 1.165) is 22.5 Å². The van der Waals surface area contributed by atoms with Crippen LogP contribution in [0.3, 0.4) is 0 Å². The Kier molecular flexibility index (Phi) is 4.54. The first-order valence-electron chi connectivity index (χ1n) is 7.59. The number of aromatic amines is 1. The van der Waals surface area contributed by atoms with E-state index in [2.05, 4.69) is 16.3 Å². The van der Waals surface area contributed by atoms with Crippen LogP contribution in [0.2, 0.25) is 5.02 Å². The van der Waals surface area contributed by atoms with Crippen molar-refractivity contribution in [1.29, 1.82) is 5.26 Å². The average molecular weight is 338 g/mol. The number of H-pyrrole nitrogens is 1. The Morgan fingerprint density at radius 1 is 1.08 bits per heavy atom. The predicted octanol–water partition coefficient (Wildman–Crippen LogP) is 5.06. The zero-order valence-corrected chi connectivity index (χ0v) is 14.1. The minimum Gasteiger partial charge on any atom is -0.489 e. The van der Waals surface area contributed by atoms with Crippen LogP contribution in [0.1, 0.15) is 19.4 Å². The number of benzene rings is 2. The van der Waals surface area contributed by atoms with E-state index in [-0.39, 0.29) is 6.10 Å². The Hall–Kier alpha value is -2.77. The maximum Gasteiger partial charge on any atom is 0.138 e. The number of rotatable bonds is 4. The molecule has 4 nitrogen and oxygen atoms in total. The first kappa shape index (κ1) is 16.1. The van der Waals surface area contributed by atoms with Gasteiger partial charge >= 0.3 is 0 Å². The second-order valence-corrected chi connectivity index (χ2v) is 6.08. The van der Waals surface area contributed by atoms with Crippen LogP contribution in [0.15, 0.2) is 48.5 Å². The van der Waals surface area contributed by atoms with Crippen molar-refractivity contribution in [2.24, 2.45) is 0 Å². The van der Waals surface area contributed by atoms with Gasteiger partial charge in [-0.3, -0.25) is 5.10 Å². The van der Waals surface area contributed by atoms with Gasteiger partial charge in [-0.05, 0) is 55.8 Å². The second-order valence-electron chi connectivity index (χ2n) is 5.67. The molecule has 0 aliphatic rings. The summed E-state index contributed by atoms with van der Waals surface area (Å²) < 4.78 is 5.65. The highest BCUT2D eigenvalue weighted by atomic mass is 35.5. The highest BCUT2D eigenvalue weighted by Gasteiger charge is 2.10. The van der Waals surface area contributed by atoms with E-state index >= 15 is 0 Å². The molecule has 2 aromatic carbocycles. The van der Waals surface area contributed by atoms with Gasteiger partial charge in [0.05, 0.1) is 34.1 Å². The zero-order valence-electron chi connectivity index (χ0n) is 13.4. The number of halogens is 1. The normalized spacial score (nSPS) is 10.6. The Bertz CT molecular complexity index is 892. The number of hydrogen-bond donors (Lipinski definition) is 1. The van der Waals surface area contributed by atoms with Crippen molar-refractivity contribution in [3.8, 4) is 34.3 Å². The molecule has 0 aliphatic carbocycles. The summed E-state index contributed by atoms with van der Waals surface area (Å²) in [5.74, 6) is 0.665. The number of hydrogen-bond acceptors (Lipinski definition) is 3. The third-order valence-corrected chi connectivity index (χ3v) is 3.79. The van der Waals surface area contributed by atoms with E-state index in [9.17, 15) is 0 Å². The van der Waals surface area contributed by atoms with E-state index in [1.807, 2.05) is 50.2 Å². The van der Waals surface area contributed by atoms with Gasteiger partial charge in [-0.25, -0.2) is 0 Å². The Balaban J connectivity index is 1.87. The SMILES string of the molecule is CC(C)Oc1ccc(-c2cc(-c3ccc(C#N)cc3)[nH]n2)cc1Cl. The molecule has 1 N–H and O–H groups in total. The van der Waals surface area contributed by atoms with Gasteiger partial charge in [-0.1, -0.05) is 23.7 Å². The fourth-order valence-electron chi connectivity index (χ4n) is 2.35. The molecule has 0 unspecified atom stereocenters. The maximum atomic E-state index is 8.86. The van der Waals surface area contributed by atoms with E-state index in [0.29, 0.717) is 16.3 Å². The Labute approximate surface area is 145 Å². The smallest absolute Gasteiger partial charge is 0.138 e. The Morgan fingerprint density at radius 3 is 2.42 bits per heavy atom. The largest absolute Gasteiger partial charge is 0.489 e. The molecule has 0 saturated carbocycles. The van der Waals surface area contributed by atoms with Crippen LogP contribution in [0.4, 0.5) is 0 Å². The van der Waals surface area contributed by atoms with Crippen molar-refractivity contribution < 1.29 is 4.74 Å². The monoisotopic (exact) mass is 337 g/mol. The molecule has 120 valence electrons. The standard InChI is InChI=1S/C19H16ClN3O/c1-12(2)24-19-8-7-15(9-16(19)20)18-10-17(22-23-18)14-5-3-13(11-21)4-6-14/h3-10,12H,1-2H3,(H,22,23). The van der Waals surface area contributed by atoms with E-state index < -0.39 is 0 Å². The molecule has 0 radical (unpaired) electrons. The van der Waals surface area contributed by atoms with Crippen molar-refractivity contribution in [3.05, 3.63) is 59.1 Å². The fraction of sp³-hybridized carbons (Fsp3) is 0.158. The van der Waals surface area contributed by atoms with Gasteiger partial charge in [0.1, 0.15) is 5.75 Å². The summed E-state index contributed by atoms with van der Waals surface area (Å²) in [7, 11) is 0. The molecule has 0 aliphatic heterocycles. The molecular formula is C19H16ClN3O. The van der Waals surface area contributed by atoms with Crippen LogP contribution in [0, 0.1) is 11.3 Å². The van der Waals surface area contributed by atoms with Gasteiger partial charge in [0.15, 0.2) is 0 Å². The highest BCUT2D eigenvalue weighted by molar-refractivity contribution is 6.32. The number of nitrogens with zero attached hydrogens (tertiary/aromatic N) is 2.